The summed E-state index contributed by atoms with van der Waals surface area (Å²) in [6.07, 6.45) is 9.11. The zero-order chi connectivity index (χ0) is 15.8. The number of hydrogen-bond acceptors (Lipinski definition) is 3. The van der Waals surface area contributed by atoms with Crippen molar-refractivity contribution in [3.63, 3.8) is 0 Å². The third-order valence-electron chi connectivity index (χ3n) is 8.75. The maximum absolute atomic E-state index is 10.5. The van der Waals surface area contributed by atoms with E-state index in [1.807, 2.05) is 0 Å². The van der Waals surface area contributed by atoms with Gasteiger partial charge in [-0.15, -0.1) is 0 Å². The molecule has 3 heteroatoms. The predicted octanol–water partition coefficient (Wildman–Crippen LogP) is 3.07. The molecule has 0 heterocycles. The van der Waals surface area contributed by atoms with E-state index >= 15 is 0 Å². The Bertz CT molecular complexity index is 462. The fourth-order valence-electron chi connectivity index (χ4n) is 7.23. The molecular formula is C19H32O3. The van der Waals surface area contributed by atoms with Gasteiger partial charge in [0, 0.05) is 11.8 Å². The minimum absolute atomic E-state index is 0.0857. The highest BCUT2D eigenvalue weighted by Crippen LogP contribution is 2.67. The maximum Gasteiger partial charge on any atom is 0.168 e. The Hall–Kier alpha value is -0.120. The van der Waals surface area contributed by atoms with Gasteiger partial charge in [0.1, 0.15) is 0 Å². The molecule has 0 amide bonds. The molecule has 4 rings (SSSR count). The monoisotopic (exact) mass is 308 g/mol. The van der Waals surface area contributed by atoms with Crippen molar-refractivity contribution in [3.8, 4) is 0 Å². The second-order valence-corrected chi connectivity index (χ2v) is 9.40. The summed E-state index contributed by atoms with van der Waals surface area (Å²) in [5.41, 5.74) is 0.0746. The number of aliphatic hydroxyl groups excluding tert-OH is 1. The molecule has 0 bridgehead atoms. The van der Waals surface area contributed by atoms with Gasteiger partial charge in [0.25, 0.3) is 0 Å². The van der Waals surface area contributed by atoms with E-state index < -0.39 is 5.79 Å². The molecular weight excluding hydrogens is 276 g/mol. The Kier molecular flexibility index (Phi) is 3.30. The molecule has 4 fully saturated rings. The van der Waals surface area contributed by atoms with Gasteiger partial charge in [-0.25, -0.2) is 0 Å². The minimum atomic E-state index is -1.46. The van der Waals surface area contributed by atoms with Crippen LogP contribution in [0.15, 0.2) is 0 Å². The number of hydrogen-bond donors (Lipinski definition) is 3. The molecule has 126 valence electrons. The van der Waals surface area contributed by atoms with Crippen molar-refractivity contribution in [1.29, 1.82) is 0 Å². The molecule has 0 spiro atoms. The van der Waals surface area contributed by atoms with Crippen LogP contribution in [0.4, 0.5) is 0 Å². The molecule has 4 saturated carbocycles. The van der Waals surface area contributed by atoms with E-state index in [0.29, 0.717) is 29.6 Å². The van der Waals surface area contributed by atoms with Gasteiger partial charge in [-0.05, 0) is 80.5 Å². The van der Waals surface area contributed by atoms with Crippen LogP contribution in [0.1, 0.15) is 71.6 Å². The largest absolute Gasteiger partial charge is 0.393 e. The van der Waals surface area contributed by atoms with Crippen molar-refractivity contribution in [2.75, 3.05) is 0 Å². The highest BCUT2D eigenvalue weighted by molar-refractivity contribution is 5.11. The van der Waals surface area contributed by atoms with Crippen LogP contribution >= 0.6 is 0 Å². The normalized spacial score (nSPS) is 56.9. The average Bonchev–Trinajstić information content (AvgIpc) is 2.70. The minimum Gasteiger partial charge on any atom is -0.393 e. The first-order chi connectivity index (χ1) is 10.3. The van der Waals surface area contributed by atoms with Crippen LogP contribution in [0.5, 0.6) is 0 Å². The van der Waals surface area contributed by atoms with Crippen LogP contribution in [0.3, 0.4) is 0 Å². The van der Waals surface area contributed by atoms with Crippen LogP contribution in [-0.2, 0) is 0 Å². The first-order valence-corrected chi connectivity index (χ1v) is 9.41. The summed E-state index contributed by atoms with van der Waals surface area (Å²) < 4.78 is 0. The van der Waals surface area contributed by atoms with E-state index in [0.717, 1.165) is 44.4 Å². The number of fused-ring (bicyclic) bond motifs is 5. The van der Waals surface area contributed by atoms with Crippen LogP contribution in [0, 0.1) is 34.5 Å². The number of aliphatic hydroxyl groups is 3. The summed E-state index contributed by atoms with van der Waals surface area (Å²) in [5, 5.41) is 31.0. The van der Waals surface area contributed by atoms with Gasteiger partial charge in [0.05, 0.1) is 6.10 Å². The van der Waals surface area contributed by atoms with Crippen molar-refractivity contribution >= 4 is 0 Å². The molecule has 7 atom stereocenters. The van der Waals surface area contributed by atoms with Crippen LogP contribution in [0.25, 0.3) is 0 Å². The lowest BCUT2D eigenvalue weighted by atomic mass is 9.45. The summed E-state index contributed by atoms with van der Waals surface area (Å²) in [4.78, 5) is 0. The van der Waals surface area contributed by atoms with Gasteiger partial charge >= 0.3 is 0 Å². The smallest absolute Gasteiger partial charge is 0.168 e. The Labute approximate surface area is 134 Å². The summed E-state index contributed by atoms with van der Waals surface area (Å²) in [5.74, 6) is 1.09. The molecule has 0 aromatic carbocycles. The first kappa shape index (κ1) is 15.4. The molecule has 0 aromatic heterocycles. The lowest BCUT2D eigenvalue weighted by molar-refractivity contribution is -0.252. The summed E-state index contributed by atoms with van der Waals surface area (Å²) in [7, 11) is 0. The fourth-order valence-corrected chi connectivity index (χ4v) is 7.23. The molecule has 22 heavy (non-hydrogen) atoms. The second-order valence-electron chi connectivity index (χ2n) is 9.40. The van der Waals surface area contributed by atoms with Gasteiger partial charge in [-0.1, -0.05) is 13.8 Å². The quantitative estimate of drug-likeness (QED) is 0.603. The summed E-state index contributed by atoms with van der Waals surface area (Å²) >= 11 is 0. The zero-order valence-corrected chi connectivity index (χ0v) is 14.1. The van der Waals surface area contributed by atoms with Gasteiger partial charge in [0.15, 0.2) is 5.79 Å². The van der Waals surface area contributed by atoms with Gasteiger partial charge in [-0.2, -0.15) is 0 Å². The predicted molar refractivity (Wildman–Crippen MR) is 84.9 cm³/mol. The van der Waals surface area contributed by atoms with Gasteiger partial charge in [0.2, 0.25) is 0 Å². The maximum atomic E-state index is 10.5. The lowest BCUT2D eigenvalue weighted by Gasteiger charge is -2.61. The van der Waals surface area contributed by atoms with Crippen molar-refractivity contribution in [3.05, 3.63) is 0 Å². The topological polar surface area (TPSA) is 60.7 Å². The van der Waals surface area contributed by atoms with Crippen molar-refractivity contribution in [2.45, 2.75) is 83.5 Å². The van der Waals surface area contributed by atoms with Crippen LogP contribution < -0.4 is 0 Å². The Balaban J connectivity index is 1.64. The van der Waals surface area contributed by atoms with Crippen LogP contribution in [0.2, 0.25) is 0 Å². The Morgan fingerprint density at radius 3 is 2.32 bits per heavy atom. The van der Waals surface area contributed by atoms with E-state index in [-0.39, 0.29) is 11.5 Å². The summed E-state index contributed by atoms with van der Waals surface area (Å²) in [6, 6.07) is 0. The van der Waals surface area contributed by atoms with E-state index in [4.69, 9.17) is 0 Å². The average molecular weight is 308 g/mol. The van der Waals surface area contributed by atoms with Crippen LogP contribution in [-0.4, -0.2) is 27.2 Å². The van der Waals surface area contributed by atoms with E-state index in [9.17, 15) is 15.3 Å². The molecule has 3 N–H and O–H groups in total. The molecule has 4 aliphatic carbocycles. The van der Waals surface area contributed by atoms with Crippen molar-refractivity contribution < 1.29 is 15.3 Å². The number of rotatable bonds is 0. The first-order valence-electron chi connectivity index (χ1n) is 9.41. The molecule has 0 radical (unpaired) electrons. The van der Waals surface area contributed by atoms with E-state index in [1.54, 1.807) is 0 Å². The molecule has 0 aliphatic heterocycles. The van der Waals surface area contributed by atoms with Crippen molar-refractivity contribution in [2.24, 2.45) is 34.5 Å². The highest BCUT2D eigenvalue weighted by atomic mass is 16.5. The Morgan fingerprint density at radius 1 is 0.818 bits per heavy atom. The molecule has 0 unspecified atom stereocenters. The lowest BCUT2D eigenvalue weighted by Crippen LogP contribution is -2.56. The fraction of sp³-hybridized carbons (Fsp3) is 1.00. The molecule has 0 aromatic rings. The third kappa shape index (κ3) is 1.85. The van der Waals surface area contributed by atoms with E-state index in [1.165, 1.54) is 12.8 Å². The molecule has 0 saturated heterocycles. The summed E-state index contributed by atoms with van der Waals surface area (Å²) in [6.45, 7) is 4.60. The molecule has 4 aliphatic rings. The highest BCUT2D eigenvalue weighted by Gasteiger charge is 2.64. The zero-order valence-electron chi connectivity index (χ0n) is 14.1. The van der Waals surface area contributed by atoms with Gasteiger partial charge < -0.3 is 15.3 Å². The third-order valence-corrected chi connectivity index (χ3v) is 8.75. The Morgan fingerprint density at radius 2 is 1.55 bits per heavy atom. The van der Waals surface area contributed by atoms with Gasteiger partial charge in [-0.3, -0.25) is 0 Å². The van der Waals surface area contributed by atoms with Crippen molar-refractivity contribution in [1.82, 2.24) is 0 Å². The second kappa shape index (κ2) is 4.70. The SMILES string of the molecule is C[C@]12CC[C@@H](O)C[C@@H]1CC[C@@H]1[C@@H]2CC[C@@]2(C)[C@H]1CCC2(O)O. The van der Waals surface area contributed by atoms with E-state index in [2.05, 4.69) is 13.8 Å². The molecule has 3 nitrogen and oxygen atoms in total. The standard InChI is InChI=1S/C19H32O3/c1-17-8-5-13(20)11-12(17)3-4-14-15(17)6-9-18(2)16(14)7-10-19(18,21)22/h12-16,20-22H,3-11H2,1-2H3/t12-,13+,14+,15-,16-,17-,18-/m0/s1.